The Morgan fingerprint density at radius 2 is 1.84 bits per heavy atom. The van der Waals surface area contributed by atoms with Crippen molar-refractivity contribution in [3.63, 3.8) is 0 Å². The maximum atomic E-state index is 12.8. The predicted molar refractivity (Wildman–Crippen MR) is 121 cm³/mol. The van der Waals surface area contributed by atoms with Crippen molar-refractivity contribution in [2.45, 2.75) is 33.1 Å². The number of ether oxygens (including phenoxy) is 2. The number of benzene rings is 2. The molecule has 0 amide bonds. The van der Waals surface area contributed by atoms with Gasteiger partial charge in [0.2, 0.25) is 5.78 Å². The van der Waals surface area contributed by atoms with E-state index in [0.717, 1.165) is 16.7 Å². The van der Waals surface area contributed by atoms with Gasteiger partial charge >= 0.3 is 5.97 Å². The second-order valence-electron chi connectivity index (χ2n) is 7.36. The number of esters is 1. The summed E-state index contributed by atoms with van der Waals surface area (Å²) in [5, 5.41) is 0. The largest absolute Gasteiger partial charge is 0.467 e. The summed E-state index contributed by atoms with van der Waals surface area (Å²) in [6, 6.07) is 19.2. The number of carbonyl (C=O) groups excluding carboxylic acids is 2. The zero-order chi connectivity index (χ0) is 22.2. The van der Waals surface area contributed by atoms with Gasteiger partial charge in [-0.3, -0.25) is 4.79 Å². The van der Waals surface area contributed by atoms with Crippen molar-refractivity contribution in [1.29, 1.82) is 0 Å². The summed E-state index contributed by atoms with van der Waals surface area (Å²) in [6.45, 7) is 4.58. The molecule has 0 aliphatic carbocycles. The predicted octanol–water partition coefficient (Wildman–Crippen LogP) is 4.82. The number of hydrogen-bond donors (Lipinski definition) is 0. The van der Waals surface area contributed by atoms with Crippen molar-refractivity contribution >= 4 is 17.8 Å². The van der Waals surface area contributed by atoms with Gasteiger partial charge in [-0.25, -0.2) is 4.79 Å². The molecule has 0 fully saturated rings. The van der Waals surface area contributed by atoms with Gasteiger partial charge in [-0.1, -0.05) is 60.2 Å². The lowest BCUT2D eigenvalue weighted by atomic mass is 10.1. The minimum Gasteiger partial charge on any atom is -0.467 e. The number of hydrogen-bond acceptors (Lipinski definition) is 4. The van der Waals surface area contributed by atoms with Crippen LogP contribution in [-0.4, -0.2) is 29.5 Å². The third-order valence-corrected chi connectivity index (χ3v) is 4.97. The molecule has 0 N–H and O–H groups in total. The number of aromatic nitrogens is 1. The molecule has 0 saturated heterocycles. The molecule has 0 bridgehead atoms. The average Bonchev–Trinajstić information content (AvgIpc) is 3.25. The van der Waals surface area contributed by atoms with Crippen molar-refractivity contribution in [2.24, 2.45) is 0 Å². The van der Waals surface area contributed by atoms with Crippen molar-refractivity contribution in [1.82, 2.24) is 4.57 Å². The van der Waals surface area contributed by atoms with Crippen LogP contribution in [0.25, 0.3) is 6.08 Å². The second kappa shape index (κ2) is 10.5. The van der Waals surface area contributed by atoms with E-state index in [1.807, 2.05) is 90.5 Å². The van der Waals surface area contributed by atoms with E-state index >= 15 is 0 Å². The summed E-state index contributed by atoms with van der Waals surface area (Å²) in [5.74, 6) is -0.379. The van der Waals surface area contributed by atoms with Gasteiger partial charge < -0.3 is 14.0 Å². The number of nitrogens with zero attached hydrogens (tertiary/aromatic N) is 1. The number of allylic oxidation sites excluding steroid dienone is 1. The van der Waals surface area contributed by atoms with Crippen molar-refractivity contribution in [3.8, 4) is 0 Å². The molecule has 2 aromatic carbocycles. The van der Waals surface area contributed by atoms with Crippen LogP contribution in [0.4, 0.5) is 0 Å². The molecule has 3 aromatic rings. The lowest BCUT2D eigenvalue weighted by Crippen LogP contribution is -2.21. The topological polar surface area (TPSA) is 57.5 Å². The molecule has 0 aliphatic heterocycles. The number of aryl methyl sites for hydroxylation is 1. The fourth-order valence-electron chi connectivity index (χ4n) is 3.18. The fraction of sp³-hybridized carbons (Fsp3) is 0.231. The molecule has 0 unspecified atom stereocenters. The van der Waals surface area contributed by atoms with Crippen LogP contribution >= 0.6 is 0 Å². The van der Waals surface area contributed by atoms with E-state index < -0.39 is 12.1 Å². The quantitative estimate of drug-likeness (QED) is 0.370. The third kappa shape index (κ3) is 6.03. The van der Waals surface area contributed by atoms with E-state index in [1.165, 1.54) is 7.11 Å². The van der Waals surface area contributed by atoms with Gasteiger partial charge in [0.15, 0.2) is 6.10 Å². The molecule has 0 radical (unpaired) electrons. The SMILES string of the molecule is COC(=O)[C@H](C)OCc1cccc(/C=C/Cn2cccc2C(=O)c2ccc(C)cc2)c1. The van der Waals surface area contributed by atoms with Crippen LogP contribution in [0.2, 0.25) is 0 Å². The van der Waals surface area contributed by atoms with E-state index in [0.29, 0.717) is 24.4 Å². The molecule has 0 spiro atoms. The summed E-state index contributed by atoms with van der Waals surface area (Å²) >= 11 is 0. The normalized spacial score (nSPS) is 12.1. The molecule has 1 heterocycles. The van der Waals surface area contributed by atoms with E-state index in [2.05, 4.69) is 4.74 Å². The minimum atomic E-state index is -0.609. The maximum Gasteiger partial charge on any atom is 0.334 e. The van der Waals surface area contributed by atoms with Gasteiger partial charge in [0, 0.05) is 18.3 Å². The van der Waals surface area contributed by atoms with E-state index in [9.17, 15) is 9.59 Å². The van der Waals surface area contributed by atoms with E-state index in [-0.39, 0.29) is 5.78 Å². The Morgan fingerprint density at radius 1 is 1.06 bits per heavy atom. The van der Waals surface area contributed by atoms with E-state index in [4.69, 9.17) is 4.74 Å². The van der Waals surface area contributed by atoms with Crippen LogP contribution < -0.4 is 0 Å². The van der Waals surface area contributed by atoms with Crippen LogP contribution in [0.15, 0.2) is 72.9 Å². The number of methoxy groups -OCH3 is 1. The van der Waals surface area contributed by atoms with Crippen molar-refractivity contribution in [3.05, 3.63) is 101 Å². The maximum absolute atomic E-state index is 12.8. The van der Waals surface area contributed by atoms with Gasteiger partial charge in [-0.15, -0.1) is 0 Å². The molecule has 1 atom stereocenters. The lowest BCUT2D eigenvalue weighted by molar-refractivity contribution is -0.153. The van der Waals surface area contributed by atoms with Crippen LogP contribution in [0.3, 0.4) is 0 Å². The molecule has 5 nitrogen and oxygen atoms in total. The highest BCUT2D eigenvalue weighted by atomic mass is 16.6. The Hall–Kier alpha value is -3.44. The summed E-state index contributed by atoms with van der Waals surface area (Å²) in [7, 11) is 1.35. The molecule has 160 valence electrons. The van der Waals surface area contributed by atoms with Crippen LogP contribution in [0, 0.1) is 6.92 Å². The highest BCUT2D eigenvalue weighted by Crippen LogP contribution is 2.14. The molecular weight excluding hydrogens is 390 g/mol. The third-order valence-electron chi connectivity index (χ3n) is 4.97. The fourth-order valence-corrected chi connectivity index (χ4v) is 3.18. The molecule has 0 aliphatic rings. The van der Waals surface area contributed by atoms with Gasteiger partial charge in [0.05, 0.1) is 19.4 Å². The summed E-state index contributed by atoms with van der Waals surface area (Å²) in [4.78, 5) is 24.3. The zero-order valence-corrected chi connectivity index (χ0v) is 18.1. The Bertz CT molecular complexity index is 1060. The highest BCUT2D eigenvalue weighted by Gasteiger charge is 2.14. The summed E-state index contributed by atoms with van der Waals surface area (Å²) < 4.78 is 12.2. The van der Waals surface area contributed by atoms with E-state index in [1.54, 1.807) is 6.92 Å². The molecule has 31 heavy (non-hydrogen) atoms. The van der Waals surface area contributed by atoms with Crippen molar-refractivity contribution in [2.75, 3.05) is 7.11 Å². The van der Waals surface area contributed by atoms with Crippen LogP contribution in [0.5, 0.6) is 0 Å². The van der Waals surface area contributed by atoms with Crippen molar-refractivity contribution < 1.29 is 19.1 Å². The zero-order valence-electron chi connectivity index (χ0n) is 18.1. The first-order valence-corrected chi connectivity index (χ1v) is 10.2. The average molecular weight is 418 g/mol. The van der Waals surface area contributed by atoms with Crippen LogP contribution in [0.1, 0.15) is 39.7 Å². The van der Waals surface area contributed by atoms with Gasteiger partial charge in [0.1, 0.15) is 0 Å². The monoisotopic (exact) mass is 417 g/mol. The minimum absolute atomic E-state index is 0.0114. The standard InChI is InChI=1S/C26H27NO4/c1-19-11-13-23(14-12-19)25(28)24-10-6-16-27(24)15-5-9-21-7-4-8-22(17-21)18-31-20(2)26(29)30-3/h4-14,16-17,20H,15,18H2,1-3H3/b9-5+/t20-/m0/s1. The Balaban J connectivity index is 1.63. The molecule has 3 rings (SSSR count). The van der Waals surface area contributed by atoms with Gasteiger partial charge in [0.25, 0.3) is 0 Å². The first kappa shape index (κ1) is 22.2. The number of rotatable bonds is 9. The smallest absolute Gasteiger partial charge is 0.334 e. The lowest BCUT2D eigenvalue weighted by Gasteiger charge is -2.11. The summed E-state index contributed by atoms with van der Waals surface area (Å²) in [6.07, 6.45) is 5.32. The molecular formula is C26H27NO4. The first-order valence-electron chi connectivity index (χ1n) is 10.2. The Labute approximate surface area is 182 Å². The van der Waals surface area contributed by atoms with Crippen LogP contribution in [-0.2, 0) is 27.4 Å². The Morgan fingerprint density at radius 3 is 2.58 bits per heavy atom. The molecule has 5 heteroatoms. The molecule has 1 aromatic heterocycles. The van der Waals surface area contributed by atoms with Gasteiger partial charge in [-0.2, -0.15) is 0 Å². The van der Waals surface area contributed by atoms with Gasteiger partial charge in [-0.05, 0) is 43.2 Å². The Kier molecular flexibility index (Phi) is 7.57. The first-order chi connectivity index (χ1) is 15.0. The molecule has 0 saturated carbocycles. The highest BCUT2D eigenvalue weighted by molar-refractivity contribution is 6.08. The second-order valence-corrected chi connectivity index (χ2v) is 7.36. The summed E-state index contributed by atoms with van der Waals surface area (Å²) in [5.41, 5.74) is 4.46. The number of carbonyl (C=O) groups is 2. The number of ketones is 1.